The van der Waals surface area contributed by atoms with Gasteiger partial charge in [-0.1, -0.05) is 0 Å². The molecule has 0 heterocycles. The van der Waals surface area contributed by atoms with Gasteiger partial charge in [-0.25, -0.2) is 9.59 Å². The molecule has 0 saturated heterocycles. The largest absolute Gasteiger partial charge is 0.481 e. The Morgan fingerprint density at radius 1 is 0.531 bits per heavy atom. The van der Waals surface area contributed by atoms with Crippen LogP contribution >= 0.6 is 39.5 Å². The maximum Gasteiger partial charge on any atom is 0.328 e. The summed E-state index contributed by atoms with van der Waals surface area (Å²) in [5, 5.41) is 29.7. The van der Waals surface area contributed by atoms with E-state index in [0.717, 1.165) is 14.0 Å². The number of hydrogen-bond donors (Lipinski definition) is 9. The van der Waals surface area contributed by atoms with Gasteiger partial charge in [-0.3, -0.25) is 47.3 Å². The van der Waals surface area contributed by atoms with Gasteiger partial charge in [0.15, 0.2) is 33.3 Å². The summed E-state index contributed by atoms with van der Waals surface area (Å²) < 4.78 is 76.4. The van der Waals surface area contributed by atoms with Crippen LogP contribution in [-0.2, 0) is 92.6 Å². The Balaban J connectivity index is -0.000000301. The van der Waals surface area contributed by atoms with E-state index in [2.05, 4.69) is 103 Å². The van der Waals surface area contributed by atoms with Gasteiger partial charge in [-0.15, -0.1) is 0 Å². The first-order chi connectivity index (χ1) is 36.4. The van der Waals surface area contributed by atoms with Crippen molar-refractivity contribution in [1.82, 2.24) is 10.6 Å². The maximum atomic E-state index is 11.8. The Kier molecular flexibility index (Phi) is 46.3. The molecular weight excluding hydrogens is 1240 g/mol. The first-order valence-electron chi connectivity index (χ1n) is 25.0. The van der Waals surface area contributed by atoms with E-state index >= 15 is 0 Å². The van der Waals surface area contributed by atoms with Crippen molar-refractivity contribution in [3.63, 3.8) is 0 Å². The number of carbonyl (C=O) groups excluding carboxylic acids is 6. The SMILES string of the molecule is CCOC(=O)CCP(=O)(O)CC(NC(C)=O)C(=O)O.CCOC(=O)CCP(O[Si](C)(C)C)O[Si](C)(C)C.COC(=O)CCP(=O)(O)CC(NC(C)=O)C(=O)OC.C[Si](C)(C)OPO[Si](C)(C)C.NC(CP(=O)(O)CCC(=O)O)C(=O)O. The van der Waals surface area contributed by atoms with Crippen LogP contribution in [-0.4, -0.2) is 206 Å². The van der Waals surface area contributed by atoms with Gasteiger partial charge in [0.05, 0.1) is 71.6 Å². The lowest BCUT2D eigenvalue weighted by molar-refractivity contribution is -0.144. The Morgan fingerprint density at radius 2 is 0.889 bits per heavy atom. The van der Waals surface area contributed by atoms with Gasteiger partial charge >= 0.3 is 41.8 Å². The second-order valence-electron chi connectivity index (χ2n) is 21.1. The fourth-order valence-electron chi connectivity index (χ4n) is 4.77. The molecule has 0 aromatic heterocycles. The molecule has 38 heteroatoms. The van der Waals surface area contributed by atoms with Gasteiger partial charge in [-0.2, -0.15) is 0 Å². The van der Waals surface area contributed by atoms with E-state index in [0.29, 0.717) is 19.2 Å². The molecule has 0 aromatic rings. The molecule has 29 nitrogen and oxygen atoms in total. The number of methoxy groups -OCH3 is 2. The summed E-state index contributed by atoms with van der Waals surface area (Å²) >= 11 is 0. The molecule has 6 atom stereocenters. The molecule has 0 radical (unpaired) electrons. The lowest BCUT2D eigenvalue weighted by Gasteiger charge is -2.30. The molecule has 0 aliphatic rings. The Labute approximate surface area is 484 Å². The zero-order valence-corrected chi connectivity index (χ0v) is 58.7. The summed E-state index contributed by atoms with van der Waals surface area (Å²) in [6, 6.07) is -4.09. The monoisotopic (exact) mass is 1340 g/mol. The molecule has 0 aliphatic carbocycles. The molecule has 0 aliphatic heterocycles. The third-order valence-corrected chi connectivity index (χ3v) is 25.8. The summed E-state index contributed by atoms with van der Waals surface area (Å²) in [4.78, 5) is 126. The standard InChI is InChI=1S/C11H27O4PSi2.2C10H18NO7P.C6H12NO6P.C6H19O2PSi2/c1-8-13-11(12)9-10-16(14-17(2,3)4)15-18(5,6)7;1-7(12)11-8(10(14)18-3)6-19(15,16)5-4-9(13)17-2;1-3-18-9(13)4-5-19(16,17)6-8(10(14)15)11-7(2)12;7-4(6(10)11)3-14(12,13)2-1-5(8)9;1-10(2,3)7-9-8-11(4,5)6/h8-10H2,1-7H3;8H,4-6H2,1-3H3,(H,11,12)(H,15,16);8H,3-6H2,1-2H3,(H,11,12)(H,14,15)(H,16,17);4H,1-3,7H2,(H,8,9)(H,10,11)(H,12,13);9H,1-6H3. The number of carboxylic acid groups (broad SMARTS) is 3. The highest BCUT2D eigenvalue weighted by Gasteiger charge is 2.33. The second kappa shape index (κ2) is 43.0. The van der Waals surface area contributed by atoms with Gasteiger partial charge in [0.2, 0.25) is 33.9 Å². The van der Waals surface area contributed by atoms with Gasteiger partial charge in [0.25, 0.3) is 0 Å². The predicted octanol–water partition coefficient (Wildman–Crippen LogP) is 5.59. The average molecular weight is 1340 g/mol. The number of nitrogens with two attached hydrogens (primary N) is 1. The number of carboxylic acids is 3. The topological polar surface area (TPSA) is 450 Å². The summed E-state index contributed by atoms with van der Waals surface area (Å²) in [5.74, 6) is -7.35. The molecule has 0 aromatic carbocycles. The Morgan fingerprint density at radius 3 is 1.21 bits per heavy atom. The van der Waals surface area contributed by atoms with Crippen molar-refractivity contribution in [2.75, 3.05) is 70.6 Å². The van der Waals surface area contributed by atoms with Gasteiger partial charge in [0.1, 0.15) is 35.5 Å². The highest BCUT2D eigenvalue weighted by atomic mass is 31.2. The van der Waals surface area contributed by atoms with E-state index in [1.165, 1.54) is 14.0 Å². The second-order valence-corrected chi connectivity index (χ2v) is 49.9. The van der Waals surface area contributed by atoms with Crippen LogP contribution in [0.4, 0.5) is 0 Å². The minimum absolute atomic E-state index is 0.164. The van der Waals surface area contributed by atoms with Gasteiger partial charge in [-0.05, 0) is 92.4 Å². The van der Waals surface area contributed by atoms with E-state index in [9.17, 15) is 66.6 Å². The molecule has 6 unspecified atom stereocenters. The average Bonchev–Trinajstić information content (AvgIpc) is 3.26. The summed E-state index contributed by atoms with van der Waals surface area (Å²) in [5.41, 5.74) is 5.03. The molecule has 0 saturated carbocycles. The molecule has 478 valence electrons. The summed E-state index contributed by atoms with van der Waals surface area (Å²) in [6.45, 7) is 32.2. The Hall–Kier alpha value is -2.67. The molecule has 10 N–H and O–H groups in total. The van der Waals surface area contributed by atoms with Crippen molar-refractivity contribution in [2.45, 2.75) is 150 Å². The number of nitrogens with one attached hydrogen (secondary N) is 2. The van der Waals surface area contributed by atoms with Crippen molar-refractivity contribution in [3.8, 4) is 0 Å². The van der Waals surface area contributed by atoms with Crippen LogP contribution in [0.1, 0.15) is 53.4 Å². The first-order valence-corrected chi connectivity index (χ1v) is 46.9. The van der Waals surface area contributed by atoms with E-state index in [1.807, 2.05) is 6.92 Å². The Bertz CT molecular complexity index is 2080. The van der Waals surface area contributed by atoms with Crippen LogP contribution in [0.15, 0.2) is 0 Å². The fourth-order valence-corrected chi connectivity index (χ4v) is 18.3. The van der Waals surface area contributed by atoms with Crippen LogP contribution in [0.3, 0.4) is 0 Å². The molecule has 0 fully saturated rings. The number of hydrogen-bond acceptors (Lipinski definition) is 21. The molecule has 81 heavy (non-hydrogen) atoms. The van der Waals surface area contributed by atoms with Crippen LogP contribution < -0.4 is 16.4 Å². The summed E-state index contributed by atoms with van der Waals surface area (Å²) in [6.07, 6.45) is -2.83. The molecule has 0 spiro atoms. The van der Waals surface area contributed by atoms with Gasteiger partial charge in [0, 0.05) is 38.5 Å². The maximum absolute atomic E-state index is 11.8. The first kappa shape index (κ1) is 87.1. The van der Waals surface area contributed by atoms with Crippen LogP contribution in [0.5, 0.6) is 0 Å². The highest BCUT2D eigenvalue weighted by molar-refractivity contribution is 7.58. The van der Waals surface area contributed by atoms with Crippen LogP contribution in [0.25, 0.3) is 0 Å². The number of amides is 2. The van der Waals surface area contributed by atoms with Crippen molar-refractivity contribution < 1.29 is 123 Å². The van der Waals surface area contributed by atoms with E-state index < -0.39 is 161 Å². The number of rotatable bonds is 33. The minimum atomic E-state index is -3.83. The van der Waals surface area contributed by atoms with E-state index in [-0.39, 0.29) is 46.8 Å². The molecule has 0 bridgehead atoms. The molecular formula is C43H94N3O26P5Si4. The zero-order valence-electron chi connectivity index (χ0n) is 50.1. The lowest BCUT2D eigenvalue weighted by Crippen LogP contribution is -2.43. The van der Waals surface area contributed by atoms with E-state index in [4.69, 9.17) is 47.5 Å². The van der Waals surface area contributed by atoms with Crippen molar-refractivity contribution >= 4 is 126 Å². The quantitative estimate of drug-likeness (QED) is 0.0167. The third kappa shape index (κ3) is 63.2. The normalized spacial score (nSPS) is 14.7. The zero-order chi connectivity index (χ0) is 65.0. The lowest BCUT2D eigenvalue weighted by atomic mass is 10.3. The van der Waals surface area contributed by atoms with Crippen molar-refractivity contribution in [2.24, 2.45) is 5.73 Å². The van der Waals surface area contributed by atoms with Crippen LogP contribution in [0, 0.1) is 0 Å². The van der Waals surface area contributed by atoms with Crippen molar-refractivity contribution in [3.05, 3.63) is 0 Å². The number of esters is 4. The number of ether oxygens (including phenoxy) is 4. The van der Waals surface area contributed by atoms with Gasteiger partial charge < -0.3 is 82.2 Å². The molecule has 0 rings (SSSR count). The highest BCUT2D eigenvalue weighted by Crippen LogP contribution is 2.46. The third-order valence-electron chi connectivity index (χ3n) is 8.06. The summed E-state index contributed by atoms with van der Waals surface area (Å²) in [7, 11) is -15.7. The predicted molar refractivity (Wildman–Crippen MR) is 318 cm³/mol. The fraction of sp³-hybridized carbons (Fsp3) is 0.791. The minimum Gasteiger partial charge on any atom is -0.481 e. The van der Waals surface area contributed by atoms with Crippen molar-refractivity contribution in [1.29, 1.82) is 0 Å². The molecule has 2 amide bonds. The van der Waals surface area contributed by atoms with E-state index in [1.54, 1.807) is 6.92 Å². The number of carbonyl (C=O) groups is 9. The smallest absolute Gasteiger partial charge is 0.328 e. The number of aliphatic carboxylic acids is 3. The van der Waals surface area contributed by atoms with Crippen LogP contribution in [0.2, 0.25) is 78.6 Å².